The van der Waals surface area contributed by atoms with Gasteiger partial charge in [-0.3, -0.25) is 4.79 Å². The highest BCUT2D eigenvalue weighted by Crippen LogP contribution is 2.32. The summed E-state index contributed by atoms with van der Waals surface area (Å²) in [4.78, 5) is 12.2. The minimum atomic E-state index is -0.0925. The summed E-state index contributed by atoms with van der Waals surface area (Å²) >= 11 is 0. The minimum absolute atomic E-state index is 0.0457. The van der Waals surface area contributed by atoms with Gasteiger partial charge in [0.05, 0.1) is 5.56 Å². The molecule has 18 heavy (non-hydrogen) atoms. The Hall–Kier alpha value is -1.51. The highest BCUT2D eigenvalue weighted by atomic mass is 16.3. The van der Waals surface area contributed by atoms with Crippen molar-refractivity contribution < 1.29 is 15.0 Å². The van der Waals surface area contributed by atoms with E-state index in [1.54, 1.807) is 0 Å². The molecule has 3 nitrogen and oxygen atoms in total. The van der Waals surface area contributed by atoms with E-state index >= 15 is 0 Å². The van der Waals surface area contributed by atoms with Gasteiger partial charge >= 0.3 is 0 Å². The number of hydrogen-bond acceptors (Lipinski definition) is 3. The Morgan fingerprint density at radius 2 is 1.94 bits per heavy atom. The molecule has 1 rings (SSSR count). The number of aromatic hydroxyl groups is 2. The standard InChI is InChI=1S/C15H22O3/c1-4-6-7-10(3)14(17)12-8-9-13(16)11(5-2)15(12)18/h8-10,16,18H,4-7H2,1-3H3/t10-/m1/s1. The number of rotatable bonds is 6. The fraction of sp³-hybridized carbons (Fsp3) is 0.533. The van der Waals surface area contributed by atoms with E-state index in [0.29, 0.717) is 17.5 Å². The van der Waals surface area contributed by atoms with Crippen LogP contribution in [-0.4, -0.2) is 16.0 Å². The molecule has 1 aromatic carbocycles. The van der Waals surface area contributed by atoms with Crippen molar-refractivity contribution in [3.63, 3.8) is 0 Å². The van der Waals surface area contributed by atoms with E-state index in [4.69, 9.17) is 0 Å². The van der Waals surface area contributed by atoms with Crippen molar-refractivity contribution in [3.8, 4) is 11.5 Å². The molecule has 0 aromatic heterocycles. The fourth-order valence-electron chi connectivity index (χ4n) is 2.08. The average molecular weight is 250 g/mol. The maximum atomic E-state index is 12.2. The van der Waals surface area contributed by atoms with Crippen molar-refractivity contribution in [1.82, 2.24) is 0 Å². The molecule has 0 amide bonds. The topological polar surface area (TPSA) is 57.5 Å². The molecule has 0 saturated heterocycles. The van der Waals surface area contributed by atoms with Crippen molar-refractivity contribution in [2.24, 2.45) is 5.92 Å². The van der Waals surface area contributed by atoms with Gasteiger partial charge in [0.1, 0.15) is 11.5 Å². The van der Waals surface area contributed by atoms with Crippen molar-refractivity contribution in [2.45, 2.75) is 46.5 Å². The number of benzene rings is 1. The van der Waals surface area contributed by atoms with Gasteiger partial charge in [0.15, 0.2) is 5.78 Å². The zero-order valence-electron chi connectivity index (χ0n) is 11.4. The maximum Gasteiger partial charge on any atom is 0.169 e. The first kappa shape index (κ1) is 14.6. The monoisotopic (exact) mass is 250 g/mol. The van der Waals surface area contributed by atoms with E-state index in [1.165, 1.54) is 12.1 Å². The van der Waals surface area contributed by atoms with Gasteiger partial charge in [-0.1, -0.05) is 33.6 Å². The second-order valence-electron chi connectivity index (χ2n) is 4.72. The van der Waals surface area contributed by atoms with E-state index in [-0.39, 0.29) is 23.2 Å². The van der Waals surface area contributed by atoms with Gasteiger partial charge < -0.3 is 10.2 Å². The Labute approximate surface area is 108 Å². The van der Waals surface area contributed by atoms with Crippen LogP contribution in [0, 0.1) is 5.92 Å². The lowest BCUT2D eigenvalue weighted by Gasteiger charge is -2.13. The number of carbonyl (C=O) groups is 1. The van der Waals surface area contributed by atoms with Crippen LogP contribution in [-0.2, 0) is 6.42 Å². The molecule has 0 fully saturated rings. The number of hydrogen-bond donors (Lipinski definition) is 2. The van der Waals surface area contributed by atoms with Crippen molar-refractivity contribution in [1.29, 1.82) is 0 Å². The van der Waals surface area contributed by atoms with Gasteiger partial charge in [0, 0.05) is 11.5 Å². The van der Waals surface area contributed by atoms with E-state index in [0.717, 1.165) is 19.3 Å². The molecular weight excluding hydrogens is 228 g/mol. The molecule has 0 heterocycles. The zero-order chi connectivity index (χ0) is 13.7. The molecule has 100 valence electrons. The van der Waals surface area contributed by atoms with E-state index in [2.05, 4.69) is 6.92 Å². The summed E-state index contributed by atoms with van der Waals surface area (Å²) in [5.41, 5.74) is 0.775. The Kier molecular flexibility index (Phi) is 5.20. The second-order valence-corrected chi connectivity index (χ2v) is 4.72. The van der Waals surface area contributed by atoms with Crippen LogP contribution in [0.2, 0.25) is 0 Å². The Balaban J connectivity index is 2.99. The molecule has 0 saturated carbocycles. The molecule has 2 N–H and O–H groups in total. The number of phenolic OH excluding ortho intramolecular Hbond substituents is 2. The largest absolute Gasteiger partial charge is 0.508 e. The molecule has 0 spiro atoms. The molecule has 0 bridgehead atoms. The summed E-state index contributed by atoms with van der Waals surface area (Å²) < 4.78 is 0. The Bertz CT molecular complexity index is 424. The SMILES string of the molecule is CCCC[C@@H](C)C(=O)c1ccc(O)c(CC)c1O. The van der Waals surface area contributed by atoms with Crippen LogP contribution >= 0.6 is 0 Å². The highest BCUT2D eigenvalue weighted by molar-refractivity contribution is 6.00. The van der Waals surface area contributed by atoms with Gasteiger partial charge in [0.2, 0.25) is 0 Å². The predicted octanol–water partition coefficient (Wildman–Crippen LogP) is 3.67. The lowest BCUT2D eigenvalue weighted by atomic mass is 9.92. The first-order valence-electron chi connectivity index (χ1n) is 6.60. The first-order chi connectivity index (χ1) is 8.52. The summed E-state index contributed by atoms with van der Waals surface area (Å²) in [5, 5.41) is 19.6. The van der Waals surface area contributed by atoms with Crippen LogP contribution < -0.4 is 0 Å². The summed E-state index contributed by atoms with van der Waals surface area (Å²) in [6.45, 7) is 5.81. The van der Waals surface area contributed by atoms with E-state index in [9.17, 15) is 15.0 Å². The van der Waals surface area contributed by atoms with Gasteiger partial charge in [0.25, 0.3) is 0 Å². The number of Topliss-reactive ketones (excluding diaryl/α,β-unsaturated/α-hetero) is 1. The van der Waals surface area contributed by atoms with Gasteiger partial charge in [-0.25, -0.2) is 0 Å². The lowest BCUT2D eigenvalue weighted by Crippen LogP contribution is -2.12. The summed E-state index contributed by atoms with van der Waals surface area (Å²) in [5.74, 6) is -0.153. The molecule has 1 aromatic rings. The number of ketones is 1. The van der Waals surface area contributed by atoms with E-state index in [1.807, 2.05) is 13.8 Å². The Morgan fingerprint density at radius 1 is 1.28 bits per heavy atom. The van der Waals surface area contributed by atoms with Crippen LogP contribution in [0.4, 0.5) is 0 Å². The smallest absolute Gasteiger partial charge is 0.169 e. The minimum Gasteiger partial charge on any atom is -0.508 e. The fourth-order valence-corrected chi connectivity index (χ4v) is 2.08. The van der Waals surface area contributed by atoms with Gasteiger partial charge in [-0.2, -0.15) is 0 Å². The second kappa shape index (κ2) is 6.43. The van der Waals surface area contributed by atoms with Crippen molar-refractivity contribution >= 4 is 5.78 Å². The normalized spacial score (nSPS) is 12.4. The first-order valence-corrected chi connectivity index (χ1v) is 6.60. The van der Waals surface area contributed by atoms with Crippen LogP contribution in [0.1, 0.15) is 56.0 Å². The van der Waals surface area contributed by atoms with E-state index < -0.39 is 0 Å². The van der Waals surface area contributed by atoms with Gasteiger partial charge in [-0.15, -0.1) is 0 Å². The maximum absolute atomic E-state index is 12.2. The molecule has 0 unspecified atom stereocenters. The molecule has 1 atom stereocenters. The molecule has 0 aliphatic rings. The molecule has 0 aliphatic carbocycles. The quantitative estimate of drug-likeness (QED) is 0.757. The highest BCUT2D eigenvalue weighted by Gasteiger charge is 2.20. The van der Waals surface area contributed by atoms with Crippen LogP contribution in [0.3, 0.4) is 0 Å². The summed E-state index contributed by atoms with van der Waals surface area (Å²) in [6, 6.07) is 2.99. The molecule has 3 heteroatoms. The average Bonchev–Trinajstić information content (AvgIpc) is 2.36. The molecule has 0 aliphatic heterocycles. The predicted molar refractivity (Wildman–Crippen MR) is 72.2 cm³/mol. The summed E-state index contributed by atoms with van der Waals surface area (Å²) in [6.07, 6.45) is 3.39. The van der Waals surface area contributed by atoms with Gasteiger partial charge in [-0.05, 0) is 25.0 Å². The number of phenols is 2. The van der Waals surface area contributed by atoms with Crippen LogP contribution in [0.5, 0.6) is 11.5 Å². The zero-order valence-corrected chi connectivity index (χ0v) is 11.4. The van der Waals surface area contributed by atoms with Crippen molar-refractivity contribution in [2.75, 3.05) is 0 Å². The van der Waals surface area contributed by atoms with Crippen LogP contribution in [0.15, 0.2) is 12.1 Å². The third-order valence-corrected chi connectivity index (χ3v) is 3.32. The number of carbonyl (C=O) groups excluding carboxylic acids is 1. The number of unbranched alkanes of at least 4 members (excludes halogenated alkanes) is 1. The van der Waals surface area contributed by atoms with Crippen molar-refractivity contribution in [3.05, 3.63) is 23.3 Å². The third-order valence-electron chi connectivity index (χ3n) is 3.32. The lowest BCUT2D eigenvalue weighted by molar-refractivity contribution is 0.0919. The van der Waals surface area contributed by atoms with Crippen LogP contribution in [0.25, 0.3) is 0 Å². The molecular formula is C15H22O3. The Morgan fingerprint density at radius 3 is 2.50 bits per heavy atom. The molecule has 0 radical (unpaired) electrons. The third kappa shape index (κ3) is 3.03. The summed E-state index contributed by atoms with van der Waals surface area (Å²) in [7, 11) is 0.